The zero-order valence-electron chi connectivity index (χ0n) is 22.3. The molecule has 3 amide bonds. The summed E-state index contributed by atoms with van der Waals surface area (Å²) in [6, 6.07) is -0.199. The molecule has 5 atom stereocenters. The van der Waals surface area contributed by atoms with Crippen LogP contribution in [-0.2, 0) is 43.4 Å². The summed E-state index contributed by atoms with van der Waals surface area (Å²) in [6.07, 6.45) is 2.64. The SMILES string of the molecule is CCC1(C)C(=O)N(CC2CO2)C(=O)N1CC1CO1.O=c1n(CC2CC2)c(=O)n(CC2CO2)c(=O)n1CC1CO1. The van der Waals surface area contributed by atoms with Crippen LogP contribution in [-0.4, -0.2) is 105 Å². The zero-order chi connectivity index (χ0) is 27.5. The molecule has 0 N–H and O–H groups in total. The van der Waals surface area contributed by atoms with E-state index in [4.69, 9.17) is 18.9 Å². The first-order valence-electron chi connectivity index (χ1n) is 13.7. The van der Waals surface area contributed by atoms with Gasteiger partial charge in [0.05, 0.1) is 77.0 Å². The summed E-state index contributed by atoms with van der Waals surface area (Å²) >= 11 is 0. The van der Waals surface area contributed by atoms with E-state index in [1.165, 1.54) is 9.47 Å². The first-order chi connectivity index (χ1) is 18.7. The molecule has 1 aromatic rings. The summed E-state index contributed by atoms with van der Waals surface area (Å²) in [5, 5.41) is 0. The number of rotatable bonds is 11. The Hall–Kier alpha value is -2.81. The minimum atomic E-state index is -0.724. The molecule has 0 spiro atoms. The van der Waals surface area contributed by atoms with E-state index in [0.29, 0.717) is 58.4 Å². The maximum Gasteiger partial charge on any atom is 0.336 e. The molecule has 39 heavy (non-hydrogen) atoms. The van der Waals surface area contributed by atoms with Gasteiger partial charge in [-0.05, 0) is 32.1 Å². The third kappa shape index (κ3) is 5.60. The van der Waals surface area contributed by atoms with Crippen LogP contribution in [0.5, 0.6) is 0 Å². The van der Waals surface area contributed by atoms with Gasteiger partial charge in [-0.1, -0.05) is 6.92 Å². The fourth-order valence-corrected chi connectivity index (χ4v) is 4.85. The van der Waals surface area contributed by atoms with Crippen LogP contribution in [0, 0.1) is 5.92 Å². The van der Waals surface area contributed by atoms with Crippen LogP contribution in [0.2, 0.25) is 0 Å². The number of ether oxygens (including phenoxy) is 4. The molecular weight excluding hydrogens is 514 g/mol. The van der Waals surface area contributed by atoms with E-state index >= 15 is 0 Å². The summed E-state index contributed by atoms with van der Waals surface area (Å²) in [5.41, 5.74) is -2.30. The number of carbonyl (C=O) groups is 2. The van der Waals surface area contributed by atoms with Crippen molar-refractivity contribution in [1.29, 1.82) is 0 Å². The van der Waals surface area contributed by atoms with Gasteiger partial charge in [0.25, 0.3) is 5.91 Å². The lowest BCUT2D eigenvalue weighted by Crippen LogP contribution is -2.55. The van der Waals surface area contributed by atoms with Crippen molar-refractivity contribution in [3.63, 3.8) is 0 Å². The molecule has 1 aliphatic carbocycles. The average molecular weight is 550 g/mol. The molecule has 5 aliphatic heterocycles. The first kappa shape index (κ1) is 26.4. The Balaban J connectivity index is 0.000000144. The maximum atomic E-state index is 12.4. The van der Waals surface area contributed by atoms with Crippen molar-refractivity contribution in [2.75, 3.05) is 39.5 Å². The molecular formula is C25H35N5O9. The van der Waals surface area contributed by atoms with E-state index < -0.39 is 22.6 Å². The van der Waals surface area contributed by atoms with Gasteiger partial charge >= 0.3 is 23.1 Å². The largest absolute Gasteiger partial charge is 0.371 e. The number of amides is 3. The summed E-state index contributed by atoms with van der Waals surface area (Å²) in [7, 11) is 0. The highest BCUT2D eigenvalue weighted by Crippen LogP contribution is 2.33. The Morgan fingerprint density at radius 2 is 1.08 bits per heavy atom. The van der Waals surface area contributed by atoms with Crippen LogP contribution >= 0.6 is 0 Å². The van der Waals surface area contributed by atoms with Gasteiger partial charge < -0.3 is 23.8 Å². The van der Waals surface area contributed by atoms with Crippen LogP contribution in [0.4, 0.5) is 4.79 Å². The highest BCUT2D eigenvalue weighted by Gasteiger charge is 2.55. The monoisotopic (exact) mass is 549 g/mol. The molecule has 14 nitrogen and oxygen atoms in total. The molecule has 6 fully saturated rings. The number of urea groups is 1. The second kappa shape index (κ2) is 9.98. The number of nitrogens with zero attached hydrogens (tertiary/aromatic N) is 5. The fourth-order valence-electron chi connectivity index (χ4n) is 4.85. The lowest BCUT2D eigenvalue weighted by molar-refractivity contribution is -0.132. The summed E-state index contributed by atoms with van der Waals surface area (Å²) in [6.45, 7) is 7.93. The average Bonchev–Trinajstić information content (AvgIpc) is 3.74. The van der Waals surface area contributed by atoms with Crippen molar-refractivity contribution in [3.8, 4) is 0 Å². The van der Waals surface area contributed by atoms with Gasteiger partial charge in [0, 0.05) is 6.54 Å². The van der Waals surface area contributed by atoms with Crippen molar-refractivity contribution in [2.24, 2.45) is 5.92 Å². The van der Waals surface area contributed by atoms with Gasteiger partial charge in [-0.2, -0.15) is 0 Å². The molecule has 6 aliphatic rings. The van der Waals surface area contributed by atoms with Gasteiger partial charge in [-0.15, -0.1) is 0 Å². The summed E-state index contributed by atoms with van der Waals surface area (Å²) in [4.78, 5) is 65.0. The lowest BCUT2D eigenvalue weighted by Gasteiger charge is -2.30. The normalized spacial score (nSPS) is 32.3. The number of carbonyl (C=O) groups excluding carboxylic acids is 2. The van der Waals surface area contributed by atoms with E-state index in [2.05, 4.69) is 0 Å². The Morgan fingerprint density at radius 3 is 1.49 bits per heavy atom. The Morgan fingerprint density at radius 1 is 0.667 bits per heavy atom. The number of hydrogen-bond donors (Lipinski definition) is 0. The quantitative estimate of drug-likeness (QED) is 0.239. The molecule has 0 bridgehead atoms. The molecule has 0 radical (unpaired) electrons. The van der Waals surface area contributed by atoms with Crippen LogP contribution in [0.1, 0.15) is 33.1 Å². The number of aromatic nitrogens is 3. The molecule has 5 unspecified atom stereocenters. The highest BCUT2D eigenvalue weighted by molar-refractivity contribution is 6.06. The van der Waals surface area contributed by atoms with Crippen LogP contribution in [0.15, 0.2) is 14.4 Å². The molecule has 6 heterocycles. The van der Waals surface area contributed by atoms with Crippen LogP contribution in [0.25, 0.3) is 0 Å². The lowest BCUT2D eigenvalue weighted by atomic mass is 9.97. The molecule has 5 saturated heterocycles. The van der Waals surface area contributed by atoms with E-state index in [1.54, 1.807) is 4.90 Å². The summed E-state index contributed by atoms with van der Waals surface area (Å²) in [5.74, 6) is 0.273. The van der Waals surface area contributed by atoms with Gasteiger partial charge in [-0.3, -0.25) is 9.69 Å². The van der Waals surface area contributed by atoms with Crippen LogP contribution < -0.4 is 17.1 Å². The molecule has 7 rings (SSSR count). The second-order valence-electron chi connectivity index (χ2n) is 11.4. The van der Waals surface area contributed by atoms with Gasteiger partial charge in [-0.25, -0.2) is 32.9 Å². The number of epoxide rings is 4. The molecule has 0 aromatic carbocycles. The van der Waals surface area contributed by atoms with Crippen molar-refractivity contribution >= 4 is 11.9 Å². The number of hydrogen-bond acceptors (Lipinski definition) is 9. The van der Waals surface area contributed by atoms with Gasteiger partial charge in [0.1, 0.15) is 5.54 Å². The molecule has 14 heteroatoms. The predicted molar refractivity (Wildman–Crippen MR) is 133 cm³/mol. The van der Waals surface area contributed by atoms with Gasteiger partial charge in [0.2, 0.25) is 0 Å². The van der Waals surface area contributed by atoms with Crippen molar-refractivity contribution in [2.45, 2.75) is 82.7 Å². The van der Waals surface area contributed by atoms with Crippen molar-refractivity contribution in [3.05, 3.63) is 31.5 Å². The topological polar surface area (TPSA) is 157 Å². The summed E-state index contributed by atoms with van der Waals surface area (Å²) < 4.78 is 23.9. The maximum absolute atomic E-state index is 12.4. The van der Waals surface area contributed by atoms with E-state index in [9.17, 15) is 24.0 Å². The minimum absolute atomic E-state index is 0.0381. The van der Waals surface area contributed by atoms with Crippen molar-refractivity contribution in [1.82, 2.24) is 23.5 Å². The third-order valence-corrected chi connectivity index (χ3v) is 8.13. The van der Waals surface area contributed by atoms with E-state index in [1.807, 2.05) is 13.8 Å². The molecule has 214 valence electrons. The number of imide groups is 1. The fraction of sp³-hybridized carbons (Fsp3) is 0.800. The Bertz CT molecular complexity index is 1190. The van der Waals surface area contributed by atoms with Crippen molar-refractivity contribution < 1.29 is 28.5 Å². The zero-order valence-corrected chi connectivity index (χ0v) is 22.3. The standard InChI is InChI=1S/C13H17N3O5.C12H18N2O4/c17-11-14(3-8-1-2-8)12(18)16(5-10-7-21-10)13(19)15(11)4-9-6-20-9;1-3-12(2)10(15)13(4-8-6-17-8)11(16)14(12)5-9-7-18-9/h8-10H,1-7H2;8-9H,3-7H2,1-2H3. The first-order valence-corrected chi connectivity index (χ1v) is 13.7. The van der Waals surface area contributed by atoms with E-state index in [0.717, 1.165) is 22.0 Å². The Labute approximate surface area is 224 Å². The van der Waals surface area contributed by atoms with E-state index in [-0.39, 0.29) is 49.4 Å². The molecule has 1 aromatic heterocycles. The smallest absolute Gasteiger partial charge is 0.336 e. The highest BCUT2D eigenvalue weighted by atomic mass is 16.6. The predicted octanol–water partition coefficient (Wildman–Crippen LogP) is -1.40. The Kier molecular flexibility index (Phi) is 6.76. The van der Waals surface area contributed by atoms with Gasteiger partial charge in [0.15, 0.2) is 0 Å². The molecule has 1 saturated carbocycles. The van der Waals surface area contributed by atoms with Crippen LogP contribution in [0.3, 0.4) is 0 Å². The second-order valence-corrected chi connectivity index (χ2v) is 11.4. The minimum Gasteiger partial charge on any atom is -0.371 e. The third-order valence-electron chi connectivity index (χ3n) is 8.13.